The number of phenolic OH excluding ortho intramolecular Hbond substituents is 1. The Morgan fingerprint density at radius 2 is 1.56 bits per heavy atom. The van der Waals surface area contributed by atoms with E-state index in [1.807, 2.05) is 19.1 Å². The van der Waals surface area contributed by atoms with Crippen LogP contribution in [0.15, 0.2) is 24.3 Å². The van der Waals surface area contributed by atoms with E-state index < -0.39 is 0 Å². The predicted molar refractivity (Wildman–Crippen MR) is 42.8 cm³/mol. The van der Waals surface area contributed by atoms with E-state index in [-0.39, 0.29) is 26.2 Å². The minimum absolute atomic E-state index is 0. The van der Waals surface area contributed by atoms with E-state index in [0.717, 1.165) is 0 Å². The maximum absolute atomic E-state index is 8.76. The fourth-order valence-corrected chi connectivity index (χ4v) is 0.545. The van der Waals surface area contributed by atoms with Gasteiger partial charge >= 0.3 is 26.2 Å². The van der Waals surface area contributed by atoms with Crippen molar-refractivity contribution < 1.29 is 5.11 Å². The number of aromatic hydroxyl groups is 1. The van der Waals surface area contributed by atoms with Crippen molar-refractivity contribution in [3.05, 3.63) is 29.8 Å². The molecule has 1 N–H and O–H groups in total. The van der Waals surface area contributed by atoms with Gasteiger partial charge in [0.1, 0.15) is 5.75 Å². The summed E-state index contributed by atoms with van der Waals surface area (Å²) in [5.41, 5.74) is 1.17. The third-order valence-electron chi connectivity index (χ3n) is 1.03. The van der Waals surface area contributed by atoms with Crippen LogP contribution in [0.4, 0.5) is 0 Å². The number of rotatable bonds is 0. The number of phenols is 1. The standard InChI is InChI=1S/C7H8O.Bi.3H/c1-6-2-4-7(8)5-3-6;;;;/h2-5,8H,1H3;;;;. The summed E-state index contributed by atoms with van der Waals surface area (Å²) in [4.78, 5) is 0. The second-order valence-electron chi connectivity index (χ2n) is 1.84. The molecular weight excluding hydrogens is 309 g/mol. The SMILES string of the molecule is Cc1ccc(O)cc1.[BiH3]. The van der Waals surface area contributed by atoms with Gasteiger partial charge in [-0.3, -0.25) is 0 Å². The Labute approximate surface area is 73.8 Å². The molecule has 0 amide bonds. The molecule has 0 aliphatic rings. The molecule has 9 heavy (non-hydrogen) atoms. The third-order valence-corrected chi connectivity index (χ3v) is 1.03. The van der Waals surface area contributed by atoms with Gasteiger partial charge in [-0.2, -0.15) is 0 Å². The molecule has 50 valence electrons. The quantitative estimate of drug-likeness (QED) is 0.691. The molecule has 0 saturated heterocycles. The Bertz CT molecular complexity index is 148. The van der Waals surface area contributed by atoms with Gasteiger partial charge in [-0.1, -0.05) is 17.7 Å². The van der Waals surface area contributed by atoms with Crippen LogP contribution in [0.5, 0.6) is 5.75 Å². The van der Waals surface area contributed by atoms with Gasteiger partial charge < -0.3 is 5.11 Å². The second-order valence-corrected chi connectivity index (χ2v) is 1.84. The van der Waals surface area contributed by atoms with Crippen LogP contribution in [0, 0.1) is 6.92 Å². The number of benzene rings is 1. The number of hydrogen-bond acceptors (Lipinski definition) is 1. The van der Waals surface area contributed by atoms with Crippen molar-refractivity contribution in [1.29, 1.82) is 0 Å². The minimum atomic E-state index is 0. The fourth-order valence-electron chi connectivity index (χ4n) is 0.545. The van der Waals surface area contributed by atoms with Crippen LogP contribution in [0.3, 0.4) is 0 Å². The van der Waals surface area contributed by atoms with Gasteiger partial charge in [0.05, 0.1) is 0 Å². The van der Waals surface area contributed by atoms with Crippen molar-refractivity contribution in [3.8, 4) is 5.75 Å². The van der Waals surface area contributed by atoms with Gasteiger partial charge in [0.2, 0.25) is 0 Å². The van der Waals surface area contributed by atoms with Crippen molar-refractivity contribution in [2.75, 3.05) is 0 Å². The molecule has 0 heterocycles. The van der Waals surface area contributed by atoms with Gasteiger partial charge in [0.15, 0.2) is 0 Å². The average Bonchev–Trinajstić information content (AvgIpc) is 1.77. The Kier molecular flexibility index (Phi) is 3.80. The van der Waals surface area contributed by atoms with E-state index in [1.165, 1.54) is 5.56 Å². The molecule has 0 aliphatic carbocycles. The van der Waals surface area contributed by atoms with E-state index >= 15 is 0 Å². The molecule has 0 aromatic heterocycles. The van der Waals surface area contributed by atoms with Crippen LogP contribution in [0.25, 0.3) is 0 Å². The van der Waals surface area contributed by atoms with Crippen molar-refractivity contribution in [3.63, 3.8) is 0 Å². The number of hydrogen-bond donors (Lipinski definition) is 1. The van der Waals surface area contributed by atoms with Crippen LogP contribution in [-0.2, 0) is 0 Å². The summed E-state index contributed by atoms with van der Waals surface area (Å²) in [6.07, 6.45) is 0. The summed E-state index contributed by atoms with van der Waals surface area (Å²) in [6, 6.07) is 7.09. The van der Waals surface area contributed by atoms with Gasteiger partial charge in [-0.15, -0.1) is 0 Å². The molecule has 0 unspecified atom stereocenters. The van der Waals surface area contributed by atoms with E-state index in [2.05, 4.69) is 0 Å². The van der Waals surface area contributed by atoms with Gasteiger partial charge in [-0.25, -0.2) is 0 Å². The first-order chi connectivity index (χ1) is 3.79. The molecule has 0 spiro atoms. The third kappa shape index (κ3) is 2.81. The molecule has 1 rings (SSSR count). The summed E-state index contributed by atoms with van der Waals surface area (Å²) in [5.74, 6) is 0.329. The zero-order valence-electron chi connectivity index (χ0n) is 5.46. The molecule has 0 saturated carbocycles. The van der Waals surface area contributed by atoms with Gasteiger partial charge in [-0.05, 0) is 19.1 Å². The molecule has 0 bridgehead atoms. The summed E-state index contributed by atoms with van der Waals surface area (Å²) in [6.45, 7) is 1.99. The summed E-state index contributed by atoms with van der Waals surface area (Å²) >= 11 is 0. The van der Waals surface area contributed by atoms with Crippen molar-refractivity contribution in [1.82, 2.24) is 0 Å². The molecular formula is C7H11BiO. The van der Waals surface area contributed by atoms with Crippen molar-refractivity contribution in [2.45, 2.75) is 6.92 Å². The van der Waals surface area contributed by atoms with Crippen LogP contribution in [0.2, 0.25) is 0 Å². The summed E-state index contributed by atoms with van der Waals surface area (Å²) in [7, 11) is 0. The van der Waals surface area contributed by atoms with Crippen LogP contribution in [-0.4, -0.2) is 31.3 Å². The Hall–Kier alpha value is -0.0969. The van der Waals surface area contributed by atoms with Crippen LogP contribution < -0.4 is 0 Å². The molecule has 0 aliphatic heterocycles. The Morgan fingerprint density at radius 1 is 1.11 bits per heavy atom. The van der Waals surface area contributed by atoms with Crippen molar-refractivity contribution in [2.24, 2.45) is 0 Å². The average molecular weight is 320 g/mol. The molecule has 1 nitrogen and oxygen atoms in total. The summed E-state index contributed by atoms with van der Waals surface area (Å²) in [5, 5.41) is 8.76. The zero-order valence-corrected chi connectivity index (χ0v) is 11.0. The first-order valence-electron chi connectivity index (χ1n) is 2.54. The van der Waals surface area contributed by atoms with Crippen LogP contribution in [0.1, 0.15) is 5.56 Å². The first-order valence-corrected chi connectivity index (χ1v) is 2.54. The van der Waals surface area contributed by atoms with Crippen LogP contribution >= 0.6 is 0 Å². The van der Waals surface area contributed by atoms with E-state index in [4.69, 9.17) is 5.11 Å². The monoisotopic (exact) mass is 320 g/mol. The molecule has 1 aromatic carbocycles. The maximum atomic E-state index is 8.76. The Balaban J connectivity index is 0.000000640. The second kappa shape index (κ2) is 3.84. The predicted octanol–water partition coefficient (Wildman–Crippen LogP) is 0.517. The molecule has 0 fully saturated rings. The molecule has 2 heteroatoms. The molecule has 0 atom stereocenters. The number of aryl methyl sites for hydroxylation is 1. The van der Waals surface area contributed by atoms with Gasteiger partial charge in [0, 0.05) is 0 Å². The normalized spacial score (nSPS) is 8.11. The topological polar surface area (TPSA) is 20.2 Å². The Morgan fingerprint density at radius 3 is 1.89 bits per heavy atom. The molecule has 0 radical (unpaired) electrons. The van der Waals surface area contributed by atoms with Gasteiger partial charge in [0.25, 0.3) is 0 Å². The fraction of sp³-hybridized carbons (Fsp3) is 0.143. The van der Waals surface area contributed by atoms with E-state index in [1.54, 1.807) is 12.1 Å². The zero-order chi connectivity index (χ0) is 5.98. The van der Waals surface area contributed by atoms with Crippen molar-refractivity contribution >= 4 is 26.2 Å². The first kappa shape index (κ1) is 8.90. The van der Waals surface area contributed by atoms with E-state index in [9.17, 15) is 0 Å². The summed E-state index contributed by atoms with van der Waals surface area (Å²) < 4.78 is 0. The molecule has 1 aromatic rings. The van der Waals surface area contributed by atoms with E-state index in [0.29, 0.717) is 5.75 Å².